The monoisotopic (exact) mass is 360 g/mol. The number of esters is 1. The highest BCUT2D eigenvalue weighted by Gasteiger charge is 2.18. The van der Waals surface area contributed by atoms with Gasteiger partial charge in [0, 0.05) is 22.5 Å². The van der Waals surface area contributed by atoms with Gasteiger partial charge in [0.2, 0.25) is 0 Å². The largest absolute Gasteiger partial charge is 0.494 e. The minimum absolute atomic E-state index is 0.312. The van der Waals surface area contributed by atoms with Crippen LogP contribution in [-0.2, 0) is 4.74 Å². The summed E-state index contributed by atoms with van der Waals surface area (Å²) in [7, 11) is 0. The van der Waals surface area contributed by atoms with Crippen LogP contribution in [0.2, 0.25) is 0 Å². The molecule has 0 radical (unpaired) electrons. The lowest BCUT2D eigenvalue weighted by Crippen LogP contribution is -2.09. The maximum Gasteiger partial charge on any atom is 0.358 e. The smallest absolute Gasteiger partial charge is 0.358 e. The second-order valence-electron chi connectivity index (χ2n) is 4.91. The molecule has 2 aromatic heterocycles. The van der Waals surface area contributed by atoms with Crippen LogP contribution in [-0.4, -0.2) is 22.5 Å². The summed E-state index contributed by atoms with van der Waals surface area (Å²) in [4.78, 5) is 20.7. The molecule has 0 aliphatic carbocycles. The Bertz CT molecular complexity index is 798. The van der Waals surface area contributed by atoms with Crippen LogP contribution in [0.25, 0.3) is 10.6 Å². The molecule has 1 aromatic carbocycles. The molecule has 0 bridgehead atoms. The summed E-state index contributed by atoms with van der Waals surface area (Å²) in [5.41, 5.74) is 1.25. The first-order valence-electron chi connectivity index (χ1n) is 7.46. The van der Waals surface area contributed by atoms with Crippen molar-refractivity contribution in [1.29, 1.82) is 0 Å². The van der Waals surface area contributed by atoms with E-state index in [1.165, 1.54) is 22.7 Å². The van der Waals surface area contributed by atoms with E-state index >= 15 is 0 Å². The molecule has 3 rings (SSSR count). The van der Waals surface area contributed by atoms with Gasteiger partial charge in [-0.1, -0.05) is 0 Å². The standard InChI is InChI=1S/C17H16N2O3S2/c1-3-21-13-6-4-12(5-7-13)16-19-14(10-24-16)17(20)22-11(2)15-18-8-9-23-15/h4-11H,3H2,1-2H3. The van der Waals surface area contributed by atoms with Crippen molar-refractivity contribution in [2.45, 2.75) is 20.0 Å². The Labute approximate surface area is 147 Å². The van der Waals surface area contributed by atoms with Crippen LogP contribution >= 0.6 is 22.7 Å². The third-order valence-corrected chi connectivity index (χ3v) is 5.04. The molecular weight excluding hydrogens is 344 g/mol. The zero-order chi connectivity index (χ0) is 16.9. The van der Waals surface area contributed by atoms with Gasteiger partial charge in [-0.3, -0.25) is 0 Å². The zero-order valence-corrected chi connectivity index (χ0v) is 14.9. The van der Waals surface area contributed by atoms with Gasteiger partial charge < -0.3 is 9.47 Å². The summed E-state index contributed by atoms with van der Waals surface area (Å²) in [6.07, 6.45) is 1.31. The first kappa shape index (κ1) is 16.6. The number of rotatable bonds is 6. The fraction of sp³-hybridized carbons (Fsp3) is 0.235. The lowest BCUT2D eigenvalue weighted by molar-refractivity contribution is 0.0331. The Morgan fingerprint density at radius 1 is 1.25 bits per heavy atom. The number of nitrogens with zero attached hydrogens (tertiary/aromatic N) is 2. The molecule has 0 aliphatic rings. The normalized spacial score (nSPS) is 11.9. The lowest BCUT2D eigenvalue weighted by atomic mass is 10.2. The van der Waals surface area contributed by atoms with E-state index < -0.39 is 5.97 Å². The third-order valence-electron chi connectivity index (χ3n) is 3.21. The van der Waals surface area contributed by atoms with Gasteiger partial charge in [-0.05, 0) is 38.1 Å². The molecule has 5 nitrogen and oxygen atoms in total. The summed E-state index contributed by atoms with van der Waals surface area (Å²) in [5.74, 6) is 0.376. The van der Waals surface area contributed by atoms with Crippen molar-refractivity contribution in [3.8, 4) is 16.3 Å². The molecule has 0 spiro atoms. The van der Waals surface area contributed by atoms with E-state index in [0.29, 0.717) is 12.3 Å². The number of aromatic nitrogens is 2. The number of benzene rings is 1. The summed E-state index contributed by atoms with van der Waals surface area (Å²) >= 11 is 2.87. The van der Waals surface area contributed by atoms with Crippen LogP contribution in [0.4, 0.5) is 0 Å². The van der Waals surface area contributed by atoms with Crippen molar-refractivity contribution in [2.24, 2.45) is 0 Å². The molecule has 0 saturated heterocycles. The highest BCUT2D eigenvalue weighted by molar-refractivity contribution is 7.13. The van der Waals surface area contributed by atoms with Crippen LogP contribution in [0.15, 0.2) is 41.2 Å². The Morgan fingerprint density at radius 3 is 2.71 bits per heavy atom. The molecule has 1 unspecified atom stereocenters. The molecule has 0 amide bonds. The van der Waals surface area contributed by atoms with Crippen molar-refractivity contribution in [3.63, 3.8) is 0 Å². The first-order chi connectivity index (χ1) is 11.7. The Kier molecular flexibility index (Phi) is 5.22. The molecule has 0 N–H and O–H groups in total. The predicted molar refractivity (Wildman–Crippen MR) is 94.7 cm³/mol. The fourth-order valence-electron chi connectivity index (χ4n) is 2.07. The van der Waals surface area contributed by atoms with Gasteiger partial charge in [-0.25, -0.2) is 14.8 Å². The van der Waals surface area contributed by atoms with E-state index in [4.69, 9.17) is 9.47 Å². The minimum atomic E-state index is -0.439. The molecule has 2 heterocycles. The molecule has 3 aromatic rings. The molecule has 0 saturated carbocycles. The number of hydrogen-bond acceptors (Lipinski definition) is 7. The predicted octanol–water partition coefficient (Wildman–Crippen LogP) is 4.58. The average Bonchev–Trinajstić information content (AvgIpc) is 3.28. The van der Waals surface area contributed by atoms with Gasteiger partial charge in [0.15, 0.2) is 11.8 Å². The number of carbonyl (C=O) groups is 1. The zero-order valence-electron chi connectivity index (χ0n) is 13.3. The van der Waals surface area contributed by atoms with E-state index in [9.17, 15) is 4.79 Å². The summed E-state index contributed by atoms with van der Waals surface area (Å²) in [6, 6.07) is 7.64. The van der Waals surface area contributed by atoms with Crippen LogP contribution in [0.1, 0.15) is 35.4 Å². The topological polar surface area (TPSA) is 61.3 Å². The van der Waals surface area contributed by atoms with E-state index in [-0.39, 0.29) is 6.10 Å². The van der Waals surface area contributed by atoms with Crippen LogP contribution in [0, 0.1) is 0 Å². The van der Waals surface area contributed by atoms with Gasteiger partial charge in [0.1, 0.15) is 15.8 Å². The van der Waals surface area contributed by atoms with Crippen molar-refractivity contribution in [1.82, 2.24) is 9.97 Å². The Balaban J connectivity index is 1.69. The highest BCUT2D eigenvalue weighted by Crippen LogP contribution is 2.27. The van der Waals surface area contributed by atoms with E-state index in [1.54, 1.807) is 18.5 Å². The molecule has 24 heavy (non-hydrogen) atoms. The Morgan fingerprint density at radius 2 is 2.04 bits per heavy atom. The Hall–Kier alpha value is -2.25. The number of ether oxygens (including phenoxy) is 2. The van der Waals surface area contributed by atoms with Gasteiger partial charge in [0.25, 0.3) is 0 Å². The van der Waals surface area contributed by atoms with E-state index in [2.05, 4.69) is 9.97 Å². The lowest BCUT2D eigenvalue weighted by Gasteiger charge is -2.08. The molecule has 0 fully saturated rings. The van der Waals surface area contributed by atoms with Crippen molar-refractivity contribution in [3.05, 3.63) is 51.9 Å². The van der Waals surface area contributed by atoms with Gasteiger partial charge in [0.05, 0.1) is 6.61 Å². The van der Waals surface area contributed by atoms with Crippen LogP contribution < -0.4 is 4.74 Å². The number of thiazole rings is 2. The summed E-state index contributed by atoms with van der Waals surface area (Å²) < 4.78 is 10.8. The second kappa shape index (κ2) is 7.55. The third kappa shape index (κ3) is 3.80. The number of hydrogen-bond donors (Lipinski definition) is 0. The maximum absolute atomic E-state index is 12.2. The molecule has 1 atom stereocenters. The fourth-order valence-corrected chi connectivity index (χ4v) is 3.49. The van der Waals surface area contributed by atoms with Crippen LogP contribution in [0.3, 0.4) is 0 Å². The minimum Gasteiger partial charge on any atom is -0.494 e. The van der Waals surface area contributed by atoms with Crippen LogP contribution in [0.5, 0.6) is 5.75 Å². The average molecular weight is 360 g/mol. The highest BCUT2D eigenvalue weighted by atomic mass is 32.1. The SMILES string of the molecule is CCOc1ccc(-c2nc(C(=O)OC(C)c3nccs3)cs2)cc1. The second-order valence-corrected chi connectivity index (χ2v) is 6.70. The molecule has 7 heteroatoms. The van der Waals surface area contributed by atoms with Gasteiger partial charge in [-0.2, -0.15) is 0 Å². The van der Waals surface area contributed by atoms with Gasteiger partial charge >= 0.3 is 5.97 Å². The van der Waals surface area contributed by atoms with Gasteiger partial charge in [-0.15, -0.1) is 22.7 Å². The molecule has 0 aliphatic heterocycles. The quantitative estimate of drug-likeness (QED) is 0.602. The number of carbonyl (C=O) groups excluding carboxylic acids is 1. The van der Waals surface area contributed by atoms with E-state index in [0.717, 1.165) is 21.3 Å². The molecule has 124 valence electrons. The van der Waals surface area contributed by atoms with Crippen molar-refractivity contribution >= 4 is 28.6 Å². The summed E-state index contributed by atoms with van der Waals surface area (Å²) in [5, 5.41) is 5.10. The maximum atomic E-state index is 12.2. The summed E-state index contributed by atoms with van der Waals surface area (Å²) in [6.45, 7) is 4.37. The van der Waals surface area contributed by atoms with E-state index in [1.807, 2.05) is 36.6 Å². The van der Waals surface area contributed by atoms with Crippen molar-refractivity contribution < 1.29 is 14.3 Å². The van der Waals surface area contributed by atoms with Crippen molar-refractivity contribution in [2.75, 3.05) is 6.61 Å². The molecular formula is C17H16N2O3S2. The first-order valence-corrected chi connectivity index (χ1v) is 9.22.